The zero-order valence-electron chi connectivity index (χ0n) is 15.7. The van der Waals surface area contributed by atoms with Gasteiger partial charge in [-0.2, -0.15) is 0 Å². The van der Waals surface area contributed by atoms with Crippen LogP contribution < -0.4 is 15.5 Å². The first kappa shape index (κ1) is 18.7. The second-order valence-corrected chi connectivity index (χ2v) is 6.66. The van der Waals surface area contributed by atoms with Gasteiger partial charge in [0.1, 0.15) is 5.82 Å². The number of carbonyl (C=O) groups excluding carboxylic acids is 2. The predicted octanol–water partition coefficient (Wildman–Crippen LogP) is 2.71. The molecule has 3 rings (SSSR count). The maximum atomic E-state index is 12.4. The molecule has 1 aromatic carbocycles. The minimum atomic E-state index is -0.207. The molecule has 0 radical (unpaired) electrons. The maximum absolute atomic E-state index is 12.4. The van der Waals surface area contributed by atoms with E-state index in [9.17, 15) is 9.59 Å². The Labute approximate surface area is 159 Å². The molecule has 1 aromatic heterocycles. The second-order valence-electron chi connectivity index (χ2n) is 6.66. The zero-order valence-corrected chi connectivity index (χ0v) is 15.7. The summed E-state index contributed by atoms with van der Waals surface area (Å²) in [5, 5.41) is 5.45. The fourth-order valence-electron chi connectivity index (χ4n) is 3.06. The summed E-state index contributed by atoms with van der Waals surface area (Å²) in [6, 6.07) is 10.8. The van der Waals surface area contributed by atoms with Gasteiger partial charge < -0.3 is 20.4 Å². The fraction of sp³-hybridized carbons (Fsp3) is 0.350. The number of hydrogen-bond acceptors (Lipinski definition) is 4. The highest BCUT2D eigenvalue weighted by molar-refractivity contribution is 5.94. The normalized spacial score (nSPS) is 13.3. The lowest BCUT2D eigenvalue weighted by molar-refractivity contribution is 0.0963. The van der Waals surface area contributed by atoms with E-state index in [2.05, 4.69) is 20.5 Å². The Morgan fingerprint density at radius 3 is 2.41 bits per heavy atom. The van der Waals surface area contributed by atoms with Gasteiger partial charge in [0.2, 0.25) is 0 Å². The molecule has 1 aliphatic heterocycles. The van der Waals surface area contributed by atoms with Crippen LogP contribution in [0.2, 0.25) is 0 Å². The first-order valence-electron chi connectivity index (χ1n) is 9.11. The fourth-order valence-corrected chi connectivity index (χ4v) is 3.06. The van der Waals surface area contributed by atoms with Crippen molar-refractivity contribution in [2.24, 2.45) is 0 Å². The van der Waals surface area contributed by atoms with Gasteiger partial charge in [0.25, 0.3) is 5.91 Å². The van der Waals surface area contributed by atoms with Crippen molar-refractivity contribution in [1.29, 1.82) is 0 Å². The topological polar surface area (TPSA) is 77.6 Å². The van der Waals surface area contributed by atoms with Crippen molar-refractivity contribution >= 4 is 23.4 Å². The molecule has 142 valence electrons. The molecule has 2 aromatic rings. The van der Waals surface area contributed by atoms with Crippen LogP contribution in [0.15, 0.2) is 42.6 Å². The van der Waals surface area contributed by atoms with Gasteiger partial charge in [-0.3, -0.25) is 4.79 Å². The van der Waals surface area contributed by atoms with E-state index in [0.29, 0.717) is 17.8 Å². The van der Waals surface area contributed by atoms with Crippen LogP contribution in [0, 0.1) is 0 Å². The number of nitrogens with one attached hydrogen (secondary N) is 2. The van der Waals surface area contributed by atoms with Gasteiger partial charge >= 0.3 is 6.03 Å². The first-order valence-corrected chi connectivity index (χ1v) is 9.11. The number of benzene rings is 1. The summed E-state index contributed by atoms with van der Waals surface area (Å²) in [6.07, 6.45) is 4.10. The number of hydrogen-bond donors (Lipinski definition) is 2. The van der Waals surface area contributed by atoms with E-state index in [1.807, 2.05) is 24.3 Å². The van der Waals surface area contributed by atoms with Crippen LogP contribution in [-0.2, 0) is 6.54 Å². The minimum absolute atomic E-state index is 0.127. The molecule has 1 fully saturated rings. The van der Waals surface area contributed by atoms with E-state index < -0.39 is 0 Å². The molecule has 2 N–H and O–H groups in total. The van der Waals surface area contributed by atoms with E-state index in [0.717, 1.165) is 24.5 Å². The van der Waals surface area contributed by atoms with Crippen LogP contribution >= 0.6 is 0 Å². The van der Waals surface area contributed by atoms with Gasteiger partial charge in [-0.15, -0.1) is 0 Å². The lowest BCUT2D eigenvalue weighted by Crippen LogP contribution is -2.31. The molecule has 1 aliphatic rings. The van der Waals surface area contributed by atoms with Gasteiger partial charge in [0.15, 0.2) is 0 Å². The number of rotatable bonds is 5. The summed E-state index contributed by atoms with van der Waals surface area (Å²) >= 11 is 0. The Morgan fingerprint density at radius 2 is 1.81 bits per heavy atom. The van der Waals surface area contributed by atoms with Crippen molar-refractivity contribution in [2.45, 2.75) is 19.4 Å². The number of amides is 3. The summed E-state index contributed by atoms with van der Waals surface area (Å²) in [5.41, 5.74) is 2.21. The Morgan fingerprint density at radius 1 is 1.11 bits per heavy atom. The zero-order chi connectivity index (χ0) is 19.2. The number of pyridine rings is 1. The molecular formula is C20H25N5O2. The highest BCUT2D eigenvalue weighted by Crippen LogP contribution is 2.19. The van der Waals surface area contributed by atoms with Crippen LogP contribution in [0.5, 0.6) is 0 Å². The lowest BCUT2D eigenvalue weighted by atomic mass is 10.1. The number of anilines is 2. The van der Waals surface area contributed by atoms with Crippen LogP contribution in [0.3, 0.4) is 0 Å². The molecule has 0 aliphatic carbocycles. The molecule has 3 amide bonds. The molecule has 27 heavy (non-hydrogen) atoms. The number of carbonyl (C=O) groups is 2. The SMILES string of the molecule is CNC(=O)c1ccc(CN(C)C(=O)Nc2ccc(N3CCCC3)nc2)cc1. The third-order valence-electron chi connectivity index (χ3n) is 4.64. The predicted molar refractivity (Wildman–Crippen MR) is 106 cm³/mol. The third kappa shape index (κ3) is 4.75. The highest BCUT2D eigenvalue weighted by Gasteiger charge is 2.14. The molecule has 0 saturated carbocycles. The van der Waals surface area contributed by atoms with E-state index in [1.54, 1.807) is 37.3 Å². The van der Waals surface area contributed by atoms with Crippen LogP contribution in [-0.4, -0.2) is 49.0 Å². The Bertz CT molecular complexity index is 783. The smallest absolute Gasteiger partial charge is 0.321 e. The second kappa shape index (κ2) is 8.53. The van der Waals surface area contributed by atoms with E-state index in [-0.39, 0.29) is 11.9 Å². The Hall–Kier alpha value is -3.09. The first-order chi connectivity index (χ1) is 13.1. The van der Waals surface area contributed by atoms with Gasteiger partial charge in [0.05, 0.1) is 11.9 Å². The molecule has 0 unspecified atom stereocenters. The van der Waals surface area contributed by atoms with E-state index >= 15 is 0 Å². The van der Waals surface area contributed by atoms with Crippen molar-refractivity contribution in [2.75, 3.05) is 37.4 Å². The van der Waals surface area contributed by atoms with E-state index in [4.69, 9.17) is 0 Å². The standard InChI is InChI=1S/C20H25N5O2/c1-21-19(26)16-7-5-15(6-8-16)14-24(2)20(27)23-17-9-10-18(22-13-17)25-11-3-4-12-25/h5-10,13H,3-4,11-12,14H2,1-2H3,(H,21,26)(H,23,27). The quantitative estimate of drug-likeness (QED) is 0.852. The summed E-state index contributed by atoms with van der Waals surface area (Å²) in [5.74, 6) is 0.826. The van der Waals surface area contributed by atoms with Gasteiger partial charge in [-0.25, -0.2) is 9.78 Å². The number of aromatic nitrogens is 1. The molecule has 0 bridgehead atoms. The molecule has 0 atom stereocenters. The van der Waals surface area contributed by atoms with E-state index in [1.165, 1.54) is 12.8 Å². The molecule has 7 nitrogen and oxygen atoms in total. The van der Waals surface area contributed by atoms with Crippen molar-refractivity contribution in [1.82, 2.24) is 15.2 Å². The Kier molecular flexibility index (Phi) is 5.90. The molecule has 7 heteroatoms. The molecular weight excluding hydrogens is 342 g/mol. The molecule has 1 saturated heterocycles. The van der Waals surface area contributed by atoms with Crippen molar-refractivity contribution < 1.29 is 9.59 Å². The monoisotopic (exact) mass is 367 g/mol. The van der Waals surface area contributed by atoms with Crippen molar-refractivity contribution in [3.8, 4) is 0 Å². The Balaban J connectivity index is 1.54. The van der Waals surface area contributed by atoms with Crippen molar-refractivity contribution in [3.63, 3.8) is 0 Å². The summed E-state index contributed by atoms with van der Waals surface area (Å²) in [6.45, 7) is 2.53. The average molecular weight is 367 g/mol. The van der Waals surface area contributed by atoms with Gasteiger partial charge in [-0.05, 0) is 42.7 Å². The number of nitrogens with zero attached hydrogens (tertiary/aromatic N) is 3. The summed E-state index contributed by atoms with van der Waals surface area (Å²) < 4.78 is 0. The molecule has 0 spiro atoms. The van der Waals surface area contributed by atoms with Crippen LogP contribution in [0.4, 0.5) is 16.3 Å². The van der Waals surface area contributed by atoms with Gasteiger partial charge in [0, 0.05) is 39.3 Å². The van der Waals surface area contributed by atoms with Crippen molar-refractivity contribution in [3.05, 3.63) is 53.7 Å². The highest BCUT2D eigenvalue weighted by atomic mass is 16.2. The summed E-state index contributed by atoms with van der Waals surface area (Å²) in [4.78, 5) is 32.2. The largest absolute Gasteiger partial charge is 0.357 e. The van der Waals surface area contributed by atoms with Crippen LogP contribution in [0.25, 0.3) is 0 Å². The average Bonchev–Trinajstić information content (AvgIpc) is 3.23. The summed E-state index contributed by atoms with van der Waals surface area (Å²) in [7, 11) is 3.33. The number of urea groups is 1. The molecule has 2 heterocycles. The van der Waals surface area contributed by atoms with Crippen LogP contribution in [0.1, 0.15) is 28.8 Å². The third-order valence-corrected chi connectivity index (χ3v) is 4.64. The van der Waals surface area contributed by atoms with Gasteiger partial charge in [-0.1, -0.05) is 12.1 Å². The lowest BCUT2D eigenvalue weighted by Gasteiger charge is -2.19. The maximum Gasteiger partial charge on any atom is 0.321 e. The minimum Gasteiger partial charge on any atom is -0.357 e.